The van der Waals surface area contributed by atoms with Gasteiger partial charge in [-0.1, -0.05) is 13.8 Å². The zero-order valence-corrected chi connectivity index (χ0v) is 9.62. The maximum atomic E-state index is 12.1. The Bertz CT molecular complexity index is 206. The monoisotopic (exact) mass is 223 g/mol. The third-order valence-electron chi connectivity index (χ3n) is 3.46. The molecule has 15 heavy (non-hydrogen) atoms. The molecule has 1 atom stereocenters. The van der Waals surface area contributed by atoms with E-state index in [0.29, 0.717) is 5.92 Å². The SMILES string of the molecule is CC(CC(F)(F)F)NCC1(C(C)C)CC1. The van der Waals surface area contributed by atoms with Crippen molar-refractivity contribution in [1.82, 2.24) is 5.32 Å². The lowest BCUT2D eigenvalue weighted by atomic mass is 9.92. The van der Waals surface area contributed by atoms with Crippen LogP contribution < -0.4 is 5.32 Å². The Morgan fingerprint density at radius 1 is 1.20 bits per heavy atom. The molecule has 0 radical (unpaired) electrons. The lowest BCUT2D eigenvalue weighted by Crippen LogP contribution is -2.36. The minimum Gasteiger partial charge on any atom is -0.313 e. The van der Waals surface area contributed by atoms with Crippen molar-refractivity contribution in [1.29, 1.82) is 0 Å². The fraction of sp³-hybridized carbons (Fsp3) is 1.00. The maximum Gasteiger partial charge on any atom is 0.390 e. The van der Waals surface area contributed by atoms with Gasteiger partial charge in [-0.3, -0.25) is 0 Å². The van der Waals surface area contributed by atoms with Crippen LogP contribution in [0.2, 0.25) is 0 Å². The predicted molar refractivity (Wildman–Crippen MR) is 54.6 cm³/mol. The van der Waals surface area contributed by atoms with E-state index in [2.05, 4.69) is 19.2 Å². The van der Waals surface area contributed by atoms with Crippen LogP contribution in [0.5, 0.6) is 0 Å². The fourth-order valence-electron chi connectivity index (χ4n) is 1.92. The summed E-state index contributed by atoms with van der Waals surface area (Å²) in [6.45, 7) is 6.61. The number of alkyl halides is 3. The third kappa shape index (κ3) is 4.01. The van der Waals surface area contributed by atoms with E-state index in [4.69, 9.17) is 0 Å². The predicted octanol–water partition coefficient (Wildman–Crippen LogP) is 3.35. The van der Waals surface area contributed by atoms with Crippen molar-refractivity contribution in [3.63, 3.8) is 0 Å². The molecule has 1 aliphatic rings. The highest BCUT2D eigenvalue weighted by molar-refractivity contribution is 4.97. The van der Waals surface area contributed by atoms with Gasteiger partial charge in [-0.15, -0.1) is 0 Å². The Morgan fingerprint density at radius 3 is 2.07 bits per heavy atom. The molecule has 1 N–H and O–H groups in total. The van der Waals surface area contributed by atoms with Crippen molar-refractivity contribution in [2.45, 2.75) is 52.3 Å². The van der Waals surface area contributed by atoms with Crippen molar-refractivity contribution >= 4 is 0 Å². The molecule has 90 valence electrons. The Kier molecular flexibility index (Phi) is 3.69. The van der Waals surface area contributed by atoms with Crippen LogP contribution in [-0.2, 0) is 0 Å². The van der Waals surface area contributed by atoms with Crippen LogP contribution in [-0.4, -0.2) is 18.8 Å². The van der Waals surface area contributed by atoms with E-state index in [1.807, 2.05) is 0 Å². The van der Waals surface area contributed by atoms with Gasteiger partial charge >= 0.3 is 6.18 Å². The van der Waals surface area contributed by atoms with Gasteiger partial charge in [-0.05, 0) is 31.1 Å². The molecule has 0 saturated heterocycles. The summed E-state index contributed by atoms with van der Waals surface area (Å²) < 4.78 is 36.2. The van der Waals surface area contributed by atoms with Crippen molar-refractivity contribution < 1.29 is 13.2 Å². The van der Waals surface area contributed by atoms with Gasteiger partial charge in [0.25, 0.3) is 0 Å². The zero-order chi connectivity index (χ0) is 11.7. The molecular weight excluding hydrogens is 203 g/mol. The minimum absolute atomic E-state index is 0.278. The highest BCUT2D eigenvalue weighted by Gasteiger charge is 2.45. The lowest BCUT2D eigenvalue weighted by Gasteiger charge is -2.23. The first kappa shape index (κ1) is 12.8. The van der Waals surface area contributed by atoms with Crippen LogP contribution in [0.1, 0.15) is 40.0 Å². The molecule has 0 aromatic rings. The van der Waals surface area contributed by atoms with Crippen molar-refractivity contribution in [2.75, 3.05) is 6.54 Å². The Hall–Kier alpha value is -0.250. The van der Waals surface area contributed by atoms with Gasteiger partial charge in [0.2, 0.25) is 0 Å². The van der Waals surface area contributed by atoms with Crippen LogP contribution in [0.4, 0.5) is 13.2 Å². The molecule has 0 heterocycles. The minimum atomic E-state index is -4.05. The maximum absolute atomic E-state index is 12.1. The quantitative estimate of drug-likeness (QED) is 0.753. The second-order valence-electron chi connectivity index (χ2n) is 5.12. The van der Waals surface area contributed by atoms with E-state index in [0.717, 1.165) is 19.4 Å². The smallest absolute Gasteiger partial charge is 0.313 e. The summed E-state index contributed by atoms with van der Waals surface area (Å²) in [6, 6.07) is -0.471. The van der Waals surface area contributed by atoms with Crippen LogP contribution in [0, 0.1) is 11.3 Å². The molecule has 0 aliphatic heterocycles. The summed E-state index contributed by atoms with van der Waals surface area (Å²) in [7, 11) is 0. The second kappa shape index (κ2) is 4.32. The Morgan fingerprint density at radius 2 is 1.73 bits per heavy atom. The van der Waals surface area contributed by atoms with Crippen LogP contribution in [0.3, 0.4) is 0 Å². The molecule has 1 saturated carbocycles. The van der Waals surface area contributed by atoms with Crippen molar-refractivity contribution in [2.24, 2.45) is 11.3 Å². The van der Waals surface area contributed by atoms with Crippen molar-refractivity contribution in [3.05, 3.63) is 0 Å². The van der Waals surface area contributed by atoms with Crippen LogP contribution >= 0.6 is 0 Å². The molecular formula is C11H20F3N. The first-order valence-corrected chi connectivity index (χ1v) is 5.55. The number of hydrogen-bond acceptors (Lipinski definition) is 1. The summed E-state index contributed by atoms with van der Waals surface area (Å²) in [5.41, 5.74) is 0.278. The Labute approximate surface area is 89.4 Å². The molecule has 1 nitrogen and oxygen atoms in total. The molecule has 1 aliphatic carbocycles. The third-order valence-corrected chi connectivity index (χ3v) is 3.46. The molecule has 0 aromatic heterocycles. The lowest BCUT2D eigenvalue weighted by molar-refractivity contribution is -0.139. The van der Waals surface area contributed by atoms with Crippen LogP contribution in [0.25, 0.3) is 0 Å². The van der Waals surface area contributed by atoms with E-state index in [-0.39, 0.29) is 5.41 Å². The number of rotatable bonds is 5. The summed E-state index contributed by atoms with van der Waals surface area (Å²) in [4.78, 5) is 0. The second-order valence-corrected chi connectivity index (χ2v) is 5.12. The largest absolute Gasteiger partial charge is 0.390 e. The standard InChI is InChI=1S/C11H20F3N/c1-8(2)10(4-5-10)7-15-9(3)6-11(12,13)14/h8-9,15H,4-7H2,1-3H3. The van der Waals surface area contributed by atoms with E-state index >= 15 is 0 Å². The molecule has 0 spiro atoms. The first-order valence-electron chi connectivity index (χ1n) is 5.55. The number of nitrogens with one attached hydrogen (secondary N) is 1. The molecule has 4 heteroatoms. The highest BCUT2D eigenvalue weighted by atomic mass is 19.4. The Balaban J connectivity index is 2.26. The summed E-state index contributed by atoms with van der Waals surface area (Å²) in [5, 5.41) is 3.00. The average Bonchev–Trinajstić information content (AvgIpc) is 2.77. The highest BCUT2D eigenvalue weighted by Crippen LogP contribution is 2.51. The molecule has 1 rings (SSSR count). The first-order chi connectivity index (χ1) is 6.75. The van der Waals surface area contributed by atoms with E-state index in [1.165, 1.54) is 0 Å². The summed E-state index contributed by atoms with van der Waals surface area (Å²) in [5.74, 6) is 0.558. The van der Waals surface area contributed by atoms with Gasteiger partial charge in [0.15, 0.2) is 0 Å². The number of hydrogen-bond donors (Lipinski definition) is 1. The van der Waals surface area contributed by atoms with Gasteiger partial charge in [0, 0.05) is 12.6 Å². The molecule has 0 bridgehead atoms. The normalized spacial score (nSPS) is 21.8. The van der Waals surface area contributed by atoms with E-state index in [9.17, 15) is 13.2 Å². The zero-order valence-electron chi connectivity index (χ0n) is 9.62. The fourth-order valence-corrected chi connectivity index (χ4v) is 1.92. The summed E-state index contributed by atoms with van der Waals surface area (Å²) in [6.07, 6.45) is -2.49. The molecule has 1 unspecified atom stereocenters. The van der Waals surface area contributed by atoms with Gasteiger partial charge < -0.3 is 5.32 Å². The number of halogens is 3. The summed E-state index contributed by atoms with van der Waals surface area (Å²) >= 11 is 0. The van der Waals surface area contributed by atoms with Gasteiger partial charge in [0.05, 0.1) is 6.42 Å². The average molecular weight is 223 g/mol. The molecule has 0 amide bonds. The molecule has 0 aromatic carbocycles. The van der Waals surface area contributed by atoms with Crippen LogP contribution in [0.15, 0.2) is 0 Å². The van der Waals surface area contributed by atoms with Gasteiger partial charge in [0.1, 0.15) is 0 Å². The van der Waals surface area contributed by atoms with E-state index in [1.54, 1.807) is 6.92 Å². The van der Waals surface area contributed by atoms with Gasteiger partial charge in [-0.25, -0.2) is 0 Å². The topological polar surface area (TPSA) is 12.0 Å². The molecule has 1 fully saturated rings. The van der Waals surface area contributed by atoms with Crippen molar-refractivity contribution in [3.8, 4) is 0 Å². The van der Waals surface area contributed by atoms with Gasteiger partial charge in [-0.2, -0.15) is 13.2 Å². The van der Waals surface area contributed by atoms with E-state index < -0.39 is 18.6 Å².